The first-order valence-electron chi connectivity index (χ1n) is 10.5. The molecular weight excluding hydrogens is 450 g/mol. The van der Waals surface area contributed by atoms with Crippen molar-refractivity contribution in [2.75, 3.05) is 41.6 Å². The highest BCUT2D eigenvalue weighted by molar-refractivity contribution is 7.89. The van der Waals surface area contributed by atoms with Gasteiger partial charge in [-0.25, -0.2) is 8.42 Å². The highest BCUT2D eigenvalue weighted by Crippen LogP contribution is 2.34. The molecule has 0 radical (unpaired) electrons. The predicted octanol–water partition coefficient (Wildman–Crippen LogP) is 2.66. The number of carbonyl (C=O) groups is 1. The van der Waals surface area contributed by atoms with Gasteiger partial charge in [-0.3, -0.25) is 4.79 Å². The van der Waals surface area contributed by atoms with Gasteiger partial charge in [-0.2, -0.15) is 4.31 Å². The number of carbonyl (C=O) groups excluding carboxylic acids is 1. The van der Waals surface area contributed by atoms with Gasteiger partial charge in [0.05, 0.1) is 35.0 Å². The van der Waals surface area contributed by atoms with E-state index in [0.29, 0.717) is 36.5 Å². The summed E-state index contributed by atoms with van der Waals surface area (Å²) in [6, 6.07) is 9.09. The quantitative estimate of drug-likeness (QED) is 0.480. The van der Waals surface area contributed by atoms with Gasteiger partial charge in [-0.15, -0.1) is 0 Å². The van der Waals surface area contributed by atoms with Crippen molar-refractivity contribution in [2.24, 2.45) is 0 Å². The second-order valence-corrected chi connectivity index (χ2v) is 9.26. The molecule has 3 rings (SSSR count). The Hall–Kier alpha value is -2.98. The third kappa shape index (κ3) is 5.33. The fourth-order valence-corrected chi connectivity index (χ4v) is 5.60. The van der Waals surface area contributed by atoms with Crippen LogP contribution in [-0.2, 0) is 26.0 Å². The highest BCUT2D eigenvalue weighted by Gasteiger charge is 2.41. The fraction of sp³-hybridized carbons (Fsp3) is 0.435. The second kappa shape index (κ2) is 10.8. The van der Waals surface area contributed by atoms with Crippen LogP contribution in [0.2, 0.25) is 0 Å². The Labute approximate surface area is 194 Å². The van der Waals surface area contributed by atoms with E-state index in [-0.39, 0.29) is 23.8 Å². The highest BCUT2D eigenvalue weighted by atomic mass is 32.2. The molecule has 180 valence electrons. The number of methoxy groups -OCH3 is 4. The monoisotopic (exact) mass is 479 g/mol. The maximum Gasteiger partial charge on any atom is 0.324 e. The molecule has 33 heavy (non-hydrogen) atoms. The topological polar surface area (TPSA) is 101 Å². The standard InChI is InChI=1S/C23H29NO8S/c1-28-17-8-10-20(30-3)22(15-17)33(26,27)24-12-5-6-18(24)23(25)32-13-11-16-7-9-19(29-2)21(14-16)31-4/h7-10,14-15,18H,5-6,11-13H2,1-4H3/t18-/m0/s1. The summed E-state index contributed by atoms with van der Waals surface area (Å²) in [5.41, 5.74) is 0.900. The summed E-state index contributed by atoms with van der Waals surface area (Å²) in [6.45, 7) is 0.333. The first kappa shape index (κ1) is 24.7. The molecule has 1 heterocycles. The van der Waals surface area contributed by atoms with Crippen LogP contribution in [0.1, 0.15) is 18.4 Å². The van der Waals surface area contributed by atoms with Crippen LogP contribution in [-0.4, -0.2) is 66.3 Å². The number of nitrogens with zero attached hydrogens (tertiary/aromatic N) is 1. The molecule has 0 spiro atoms. The third-order valence-electron chi connectivity index (χ3n) is 5.52. The van der Waals surface area contributed by atoms with E-state index >= 15 is 0 Å². The first-order chi connectivity index (χ1) is 15.8. The van der Waals surface area contributed by atoms with E-state index in [1.807, 2.05) is 12.1 Å². The average Bonchev–Trinajstić information content (AvgIpc) is 3.34. The van der Waals surface area contributed by atoms with Crippen molar-refractivity contribution in [3.63, 3.8) is 0 Å². The molecule has 2 aromatic carbocycles. The summed E-state index contributed by atoms with van der Waals surface area (Å²) >= 11 is 0. The van der Waals surface area contributed by atoms with Crippen molar-refractivity contribution in [3.05, 3.63) is 42.0 Å². The van der Waals surface area contributed by atoms with Crippen LogP contribution in [0.5, 0.6) is 23.0 Å². The summed E-state index contributed by atoms with van der Waals surface area (Å²) in [5.74, 6) is 1.18. The Morgan fingerprint density at radius 3 is 2.30 bits per heavy atom. The van der Waals surface area contributed by atoms with E-state index in [4.69, 9.17) is 23.7 Å². The maximum atomic E-state index is 13.4. The van der Waals surface area contributed by atoms with Gasteiger partial charge in [0.15, 0.2) is 11.5 Å². The van der Waals surface area contributed by atoms with Crippen LogP contribution < -0.4 is 18.9 Å². The maximum absolute atomic E-state index is 13.4. The van der Waals surface area contributed by atoms with Gasteiger partial charge in [0, 0.05) is 19.0 Å². The van der Waals surface area contributed by atoms with Crippen molar-refractivity contribution in [2.45, 2.75) is 30.2 Å². The Balaban J connectivity index is 1.70. The van der Waals surface area contributed by atoms with Crippen LogP contribution in [0, 0.1) is 0 Å². The van der Waals surface area contributed by atoms with E-state index in [0.717, 1.165) is 5.56 Å². The zero-order valence-electron chi connectivity index (χ0n) is 19.2. The van der Waals surface area contributed by atoms with Gasteiger partial charge >= 0.3 is 5.97 Å². The molecule has 1 saturated heterocycles. The summed E-state index contributed by atoms with van der Waals surface area (Å²) in [6.07, 6.45) is 1.40. The molecule has 1 fully saturated rings. The molecule has 0 unspecified atom stereocenters. The zero-order valence-corrected chi connectivity index (χ0v) is 20.0. The van der Waals surface area contributed by atoms with Gasteiger partial charge in [-0.1, -0.05) is 6.07 Å². The molecule has 9 nitrogen and oxygen atoms in total. The molecule has 1 aliphatic rings. The van der Waals surface area contributed by atoms with Crippen molar-refractivity contribution >= 4 is 16.0 Å². The Morgan fingerprint density at radius 1 is 0.939 bits per heavy atom. The molecule has 1 aliphatic heterocycles. The molecule has 0 N–H and O–H groups in total. The van der Waals surface area contributed by atoms with E-state index < -0.39 is 22.0 Å². The molecule has 0 amide bonds. The number of ether oxygens (including phenoxy) is 5. The number of hydrogen-bond donors (Lipinski definition) is 0. The molecule has 0 saturated carbocycles. The smallest absolute Gasteiger partial charge is 0.324 e. The predicted molar refractivity (Wildman–Crippen MR) is 121 cm³/mol. The van der Waals surface area contributed by atoms with E-state index in [1.165, 1.54) is 30.7 Å². The number of benzene rings is 2. The zero-order chi connectivity index (χ0) is 24.0. The first-order valence-corrected chi connectivity index (χ1v) is 11.9. The fourth-order valence-electron chi connectivity index (χ4n) is 3.78. The van der Waals surface area contributed by atoms with Crippen LogP contribution >= 0.6 is 0 Å². The Bertz CT molecular complexity index is 1090. The van der Waals surface area contributed by atoms with E-state index in [2.05, 4.69) is 0 Å². The minimum atomic E-state index is -4.01. The number of hydrogen-bond acceptors (Lipinski definition) is 8. The molecule has 1 atom stereocenters. The number of esters is 1. The summed E-state index contributed by atoms with van der Waals surface area (Å²) in [7, 11) is 1.95. The lowest BCUT2D eigenvalue weighted by Gasteiger charge is -2.24. The lowest BCUT2D eigenvalue weighted by molar-refractivity contribution is -0.147. The lowest BCUT2D eigenvalue weighted by atomic mass is 10.1. The third-order valence-corrected chi connectivity index (χ3v) is 7.45. The second-order valence-electron chi connectivity index (χ2n) is 7.40. The van der Waals surface area contributed by atoms with Gasteiger partial charge < -0.3 is 23.7 Å². The molecule has 0 bridgehead atoms. The summed E-state index contributed by atoms with van der Waals surface area (Å²) < 4.78 is 54.3. The number of rotatable bonds is 10. The molecule has 0 aliphatic carbocycles. The lowest BCUT2D eigenvalue weighted by Crippen LogP contribution is -2.41. The van der Waals surface area contributed by atoms with Gasteiger partial charge in [0.25, 0.3) is 0 Å². The van der Waals surface area contributed by atoms with Crippen LogP contribution in [0.15, 0.2) is 41.3 Å². The summed E-state index contributed by atoms with van der Waals surface area (Å²) in [5, 5.41) is 0. The molecular formula is C23H29NO8S. The van der Waals surface area contributed by atoms with Gasteiger partial charge in [0.1, 0.15) is 22.4 Å². The SMILES string of the molecule is COc1ccc(OC)c(S(=O)(=O)N2CCC[C@H]2C(=O)OCCc2ccc(OC)c(OC)c2)c1. The van der Waals surface area contributed by atoms with Crippen LogP contribution in [0.25, 0.3) is 0 Å². The normalized spacial score (nSPS) is 16.3. The minimum absolute atomic E-state index is 0.0469. The van der Waals surface area contributed by atoms with E-state index in [1.54, 1.807) is 26.4 Å². The Morgan fingerprint density at radius 2 is 1.64 bits per heavy atom. The van der Waals surface area contributed by atoms with Crippen molar-refractivity contribution in [3.8, 4) is 23.0 Å². The molecule has 10 heteroatoms. The minimum Gasteiger partial charge on any atom is -0.497 e. The van der Waals surface area contributed by atoms with Crippen LogP contribution in [0.3, 0.4) is 0 Å². The van der Waals surface area contributed by atoms with Crippen molar-refractivity contribution in [1.29, 1.82) is 0 Å². The van der Waals surface area contributed by atoms with E-state index in [9.17, 15) is 13.2 Å². The molecule has 2 aromatic rings. The van der Waals surface area contributed by atoms with Crippen molar-refractivity contribution < 1.29 is 36.9 Å². The summed E-state index contributed by atoms with van der Waals surface area (Å²) in [4.78, 5) is 12.7. The van der Waals surface area contributed by atoms with Crippen molar-refractivity contribution in [1.82, 2.24) is 4.31 Å². The Kier molecular flexibility index (Phi) is 8.04. The van der Waals surface area contributed by atoms with Gasteiger partial charge in [0.2, 0.25) is 10.0 Å². The van der Waals surface area contributed by atoms with Gasteiger partial charge in [-0.05, 0) is 42.7 Å². The largest absolute Gasteiger partial charge is 0.497 e. The van der Waals surface area contributed by atoms with Crippen LogP contribution in [0.4, 0.5) is 0 Å². The molecule has 0 aromatic heterocycles. The average molecular weight is 480 g/mol. The number of sulfonamides is 1.